The van der Waals surface area contributed by atoms with Crippen LogP contribution >= 0.6 is 12.4 Å². The Morgan fingerprint density at radius 3 is 2.14 bits per heavy atom. The summed E-state index contributed by atoms with van der Waals surface area (Å²) in [6.07, 6.45) is 2.22. The summed E-state index contributed by atoms with van der Waals surface area (Å²) in [6.45, 7) is 0.560. The van der Waals surface area contributed by atoms with E-state index in [1.165, 1.54) is 11.1 Å². The van der Waals surface area contributed by atoms with Crippen LogP contribution in [0.25, 0.3) is 0 Å². The lowest BCUT2D eigenvalue weighted by Gasteiger charge is -2.20. The van der Waals surface area contributed by atoms with Crippen molar-refractivity contribution in [3.05, 3.63) is 35.4 Å². The van der Waals surface area contributed by atoms with Crippen molar-refractivity contribution >= 4 is 12.4 Å². The van der Waals surface area contributed by atoms with Crippen LogP contribution in [-0.2, 0) is 12.8 Å². The Kier molecular flexibility index (Phi) is 3.53. The van der Waals surface area contributed by atoms with Gasteiger partial charge in [0.15, 0.2) is 0 Å². The number of fused-ring (bicyclic) bond motifs is 1. The second-order valence-electron chi connectivity index (χ2n) is 3.89. The molecule has 0 bridgehead atoms. The molecule has 78 valence electrons. The molecule has 1 aromatic carbocycles. The average Bonchev–Trinajstić information content (AvgIpc) is 2.40. The molecule has 0 saturated carbocycles. The van der Waals surface area contributed by atoms with Gasteiger partial charge in [-0.1, -0.05) is 24.3 Å². The predicted molar refractivity (Wildman–Crippen MR) is 59.7 cm³/mol. The van der Waals surface area contributed by atoms with E-state index in [4.69, 9.17) is 5.73 Å². The van der Waals surface area contributed by atoms with E-state index in [1.807, 2.05) is 12.1 Å². The highest BCUT2D eigenvalue weighted by Crippen LogP contribution is 2.31. The molecule has 0 aliphatic heterocycles. The smallest absolute Gasteiger partial charge is 0.0740 e. The zero-order valence-corrected chi connectivity index (χ0v) is 8.89. The molecule has 1 aliphatic rings. The first-order valence-electron chi connectivity index (χ1n) is 4.73. The monoisotopic (exact) mass is 213 g/mol. The van der Waals surface area contributed by atoms with Gasteiger partial charge >= 0.3 is 0 Å². The normalized spacial score (nSPS) is 17.3. The van der Waals surface area contributed by atoms with Gasteiger partial charge in [0.1, 0.15) is 0 Å². The molecule has 0 aromatic heterocycles. The van der Waals surface area contributed by atoms with Crippen molar-refractivity contribution < 1.29 is 5.11 Å². The molecule has 1 aromatic rings. The van der Waals surface area contributed by atoms with Gasteiger partial charge in [-0.05, 0) is 24.1 Å². The fourth-order valence-electron chi connectivity index (χ4n) is 2.12. The van der Waals surface area contributed by atoms with Crippen LogP contribution < -0.4 is 5.73 Å². The summed E-state index contributed by atoms with van der Waals surface area (Å²) in [5, 5.41) is 10.1. The van der Waals surface area contributed by atoms with Gasteiger partial charge in [0.2, 0.25) is 0 Å². The molecule has 0 fully saturated rings. The van der Waals surface area contributed by atoms with Crippen molar-refractivity contribution in [2.75, 3.05) is 6.54 Å². The first-order chi connectivity index (χ1) is 6.23. The molecule has 3 heteroatoms. The second-order valence-corrected chi connectivity index (χ2v) is 3.89. The van der Waals surface area contributed by atoms with Crippen molar-refractivity contribution in [2.24, 2.45) is 5.73 Å². The summed E-state index contributed by atoms with van der Waals surface area (Å²) in [4.78, 5) is 0. The SMILES string of the molecule is Cl.NCCC1(O)Cc2ccccc2C1. The zero-order chi connectivity index (χ0) is 9.31. The molecule has 2 nitrogen and oxygen atoms in total. The van der Waals surface area contributed by atoms with Crippen molar-refractivity contribution in [3.8, 4) is 0 Å². The van der Waals surface area contributed by atoms with Crippen LogP contribution in [0.15, 0.2) is 24.3 Å². The van der Waals surface area contributed by atoms with Gasteiger partial charge < -0.3 is 10.8 Å². The van der Waals surface area contributed by atoms with Crippen LogP contribution in [0, 0.1) is 0 Å². The van der Waals surface area contributed by atoms with Crippen molar-refractivity contribution in [2.45, 2.75) is 24.9 Å². The van der Waals surface area contributed by atoms with E-state index in [9.17, 15) is 5.11 Å². The summed E-state index contributed by atoms with van der Waals surface area (Å²) in [5.41, 5.74) is 7.45. The quantitative estimate of drug-likeness (QED) is 0.778. The van der Waals surface area contributed by atoms with Crippen molar-refractivity contribution in [1.82, 2.24) is 0 Å². The maximum absolute atomic E-state index is 10.1. The summed E-state index contributed by atoms with van der Waals surface area (Å²) in [7, 11) is 0. The van der Waals surface area contributed by atoms with Crippen LogP contribution in [-0.4, -0.2) is 17.3 Å². The molecule has 2 rings (SSSR count). The number of halogens is 1. The van der Waals surface area contributed by atoms with Crippen LogP contribution in [0.3, 0.4) is 0 Å². The molecule has 0 radical (unpaired) electrons. The summed E-state index contributed by atoms with van der Waals surface area (Å²) in [6, 6.07) is 8.22. The molecular weight excluding hydrogens is 198 g/mol. The van der Waals surface area contributed by atoms with E-state index in [0.29, 0.717) is 13.0 Å². The number of benzene rings is 1. The molecule has 14 heavy (non-hydrogen) atoms. The molecular formula is C11H16ClNO. The predicted octanol–water partition coefficient (Wildman–Crippen LogP) is 1.29. The van der Waals surface area contributed by atoms with Gasteiger partial charge in [-0.25, -0.2) is 0 Å². The molecule has 3 N–H and O–H groups in total. The van der Waals surface area contributed by atoms with E-state index in [-0.39, 0.29) is 12.4 Å². The van der Waals surface area contributed by atoms with Crippen LogP contribution in [0.4, 0.5) is 0 Å². The molecule has 0 saturated heterocycles. The van der Waals surface area contributed by atoms with Gasteiger partial charge in [0.05, 0.1) is 5.60 Å². The molecule has 0 unspecified atom stereocenters. The van der Waals surface area contributed by atoms with Crippen LogP contribution in [0.1, 0.15) is 17.5 Å². The van der Waals surface area contributed by atoms with Gasteiger partial charge in [0.25, 0.3) is 0 Å². The highest BCUT2D eigenvalue weighted by atomic mass is 35.5. The lowest BCUT2D eigenvalue weighted by molar-refractivity contribution is 0.0449. The maximum Gasteiger partial charge on any atom is 0.0740 e. The van der Waals surface area contributed by atoms with Crippen molar-refractivity contribution in [1.29, 1.82) is 0 Å². The molecule has 1 aliphatic carbocycles. The lowest BCUT2D eigenvalue weighted by Crippen LogP contribution is -2.32. The highest BCUT2D eigenvalue weighted by Gasteiger charge is 2.33. The second kappa shape index (κ2) is 4.30. The van der Waals surface area contributed by atoms with E-state index in [2.05, 4.69) is 12.1 Å². The van der Waals surface area contributed by atoms with E-state index in [1.54, 1.807) is 0 Å². The standard InChI is InChI=1S/C11H15NO.ClH/c12-6-5-11(13)7-9-3-1-2-4-10(9)8-11;/h1-4,13H,5-8,12H2;1H. The van der Waals surface area contributed by atoms with Crippen LogP contribution in [0.5, 0.6) is 0 Å². The number of aliphatic hydroxyl groups is 1. The van der Waals surface area contributed by atoms with Crippen molar-refractivity contribution in [3.63, 3.8) is 0 Å². The third-order valence-corrected chi connectivity index (χ3v) is 2.77. The van der Waals surface area contributed by atoms with Gasteiger partial charge in [0, 0.05) is 12.8 Å². The Hall–Kier alpha value is -0.570. The maximum atomic E-state index is 10.1. The van der Waals surface area contributed by atoms with Gasteiger partial charge in [-0.3, -0.25) is 0 Å². The largest absolute Gasteiger partial charge is 0.389 e. The molecule has 0 atom stereocenters. The highest BCUT2D eigenvalue weighted by molar-refractivity contribution is 5.85. The Morgan fingerprint density at radius 2 is 1.71 bits per heavy atom. The first-order valence-corrected chi connectivity index (χ1v) is 4.73. The Labute approximate surface area is 90.5 Å². The van der Waals surface area contributed by atoms with Gasteiger partial charge in [-0.2, -0.15) is 0 Å². The number of hydrogen-bond acceptors (Lipinski definition) is 2. The summed E-state index contributed by atoms with van der Waals surface area (Å²) < 4.78 is 0. The minimum Gasteiger partial charge on any atom is -0.389 e. The third kappa shape index (κ3) is 2.08. The molecule has 0 spiro atoms. The number of nitrogens with two attached hydrogens (primary N) is 1. The average molecular weight is 214 g/mol. The summed E-state index contributed by atoms with van der Waals surface area (Å²) >= 11 is 0. The van der Waals surface area contributed by atoms with E-state index >= 15 is 0 Å². The minimum atomic E-state index is -0.571. The first kappa shape index (κ1) is 11.5. The third-order valence-electron chi connectivity index (χ3n) is 2.77. The van der Waals surface area contributed by atoms with Gasteiger partial charge in [-0.15, -0.1) is 12.4 Å². The Morgan fingerprint density at radius 1 is 1.21 bits per heavy atom. The summed E-state index contributed by atoms with van der Waals surface area (Å²) in [5.74, 6) is 0. The number of rotatable bonds is 2. The van der Waals surface area contributed by atoms with E-state index < -0.39 is 5.60 Å². The lowest BCUT2D eigenvalue weighted by atomic mass is 9.96. The fraction of sp³-hybridized carbons (Fsp3) is 0.455. The fourth-order valence-corrected chi connectivity index (χ4v) is 2.12. The Bertz CT molecular complexity index is 289. The van der Waals surface area contributed by atoms with Crippen LogP contribution in [0.2, 0.25) is 0 Å². The topological polar surface area (TPSA) is 46.2 Å². The minimum absolute atomic E-state index is 0. The van der Waals surface area contributed by atoms with E-state index in [0.717, 1.165) is 12.8 Å². The zero-order valence-electron chi connectivity index (χ0n) is 8.07. The Balaban J connectivity index is 0.000000980. The molecule has 0 heterocycles. The number of hydrogen-bond donors (Lipinski definition) is 2. The molecule has 0 amide bonds.